The Labute approximate surface area is 125 Å². The third kappa shape index (κ3) is 2.51. The monoisotopic (exact) mass is 298 g/mol. The minimum absolute atomic E-state index is 0.0308. The molecule has 0 atom stereocenters. The van der Waals surface area contributed by atoms with Crippen LogP contribution in [0.5, 0.6) is 11.5 Å². The highest BCUT2D eigenvalue weighted by atomic mass is 35.5. The molecule has 0 spiro atoms. The second-order valence-electron chi connectivity index (χ2n) is 4.32. The van der Waals surface area contributed by atoms with Crippen LogP contribution >= 0.6 is 11.6 Å². The lowest BCUT2D eigenvalue weighted by atomic mass is 10.1. The lowest BCUT2D eigenvalue weighted by Crippen LogP contribution is -1.92. The minimum atomic E-state index is -0.604. The number of benzene rings is 2. The van der Waals surface area contributed by atoms with E-state index in [4.69, 9.17) is 21.6 Å². The fourth-order valence-corrected chi connectivity index (χ4v) is 2.20. The Hall–Kier alpha value is -2.64. The van der Waals surface area contributed by atoms with Crippen molar-refractivity contribution in [1.82, 2.24) is 4.98 Å². The van der Waals surface area contributed by atoms with Crippen LogP contribution in [0.15, 0.2) is 48.7 Å². The van der Waals surface area contributed by atoms with Crippen molar-refractivity contribution in [3.05, 3.63) is 65.2 Å². The summed E-state index contributed by atoms with van der Waals surface area (Å²) < 4.78 is 19.5. The first-order chi connectivity index (χ1) is 10.2. The molecular weight excluding hydrogens is 291 g/mol. The van der Waals surface area contributed by atoms with Gasteiger partial charge >= 0.3 is 0 Å². The fourth-order valence-electron chi connectivity index (χ4n) is 1.99. The van der Waals surface area contributed by atoms with Crippen molar-refractivity contribution in [2.45, 2.75) is 0 Å². The van der Waals surface area contributed by atoms with Crippen molar-refractivity contribution in [3.63, 3.8) is 0 Å². The van der Waals surface area contributed by atoms with E-state index in [1.165, 1.54) is 18.3 Å². The Morgan fingerprint density at radius 1 is 1.10 bits per heavy atom. The first-order valence-electron chi connectivity index (χ1n) is 6.10. The van der Waals surface area contributed by atoms with Gasteiger partial charge in [-0.25, -0.2) is 9.37 Å². The molecule has 3 rings (SSSR count). The van der Waals surface area contributed by atoms with Crippen molar-refractivity contribution in [2.24, 2.45) is 0 Å². The molecule has 0 unspecified atom stereocenters. The number of rotatable bonds is 2. The first-order valence-corrected chi connectivity index (χ1v) is 6.47. The lowest BCUT2D eigenvalue weighted by Gasteiger charge is -2.10. The van der Waals surface area contributed by atoms with Crippen LogP contribution in [0.1, 0.15) is 5.56 Å². The summed E-state index contributed by atoms with van der Waals surface area (Å²) in [5, 5.41) is 10.6. The number of halogens is 2. The lowest BCUT2D eigenvalue weighted by molar-refractivity contribution is 0.445. The predicted molar refractivity (Wildman–Crippen MR) is 77.9 cm³/mol. The van der Waals surface area contributed by atoms with E-state index in [0.29, 0.717) is 10.9 Å². The number of fused-ring (bicyclic) bond motifs is 1. The van der Waals surface area contributed by atoms with E-state index >= 15 is 0 Å². The quantitative estimate of drug-likeness (QED) is 0.645. The number of hydrogen-bond donors (Lipinski definition) is 0. The molecule has 3 aromatic rings. The molecular formula is C16H8ClFN2O. The van der Waals surface area contributed by atoms with Crippen LogP contribution < -0.4 is 4.74 Å². The highest BCUT2D eigenvalue weighted by Crippen LogP contribution is 2.33. The molecule has 3 nitrogen and oxygen atoms in total. The van der Waals surface area contributed by atoms with Gasteiger partial charge in [0, 0.05) is 10.8 Å². The molecule has 5 heteroatoms. The Kier molecular flexibility index (Phi) is 3.43. The van der Waals surface area contributed by atoms with Gasteiger partial charge in [0.15, 0.2) is 17.3 Å². The van der Waals surface area contributed by atoms with Crippen LogP contribution in [-0.4, -0.2) is 4.98 Å². The third-order valence-corrected chi connectivity index (χ3v) is 3.29. The van der Waals surface area contributed by atoms with Crippen molar-refractivity contribution in [1.29, 1.82) is 5.26 Å². The summed E-state index contributed by atoms with van der Waals surface area (Å²) in [6.45, 7) is 0. The van der Waals surface area contributed by atoms with Crippen molar-refractivity contribution >= 4 is 22.4 Å². The minimum Gasteiger partial charge on any atom is -0.452 e. The number of hydrogen-bond acceptors (Lipinski definition) is 3. The second kappa shape index (κ2) is 5.39. The summed E-state index contributed by atoms with van der Waals surface area (Å²) in [5.74, 6) is -0.171. The van der Waals surface area contributed by atoms with E-state index in [1.54, 1.807) is 0 Å². The van der Waals surface area contributed by atoms with Crippen LogP contribution in [0, 0.1) is 17.1 Å². The molecule has 0 N–H and O–H groups in total. The maximum absolute atomic E-state index is 13.9. The third-order valence-electron chi connectivity index (χ3n) is 2.99. The van der Waals surface area contributed by atoms with E-state index < -0.39 is 5.82 Å². The average Bonchev–Trinajstić information content (AvgIpc) is 2.52. The number of nitriles is 1. The van der Waals surface area contributed by atoms with Gasteiger partial charge in [0.05, 0.1) is 17.8 Å². The van der Waals surface area contributed by atoms with Crippen LogP contribution in [0.25, 0.3) is 10.8 Å². The molecule has 21 heavy (non-hydrogen) atoms. The van der Waals surface area contributed by atoms with Crippen molar-refractivity contribution in [2.75, 3.05) is 0 Å². The molecule has 0 saturated heterocycles. The van der Waals surface area contributed by atoms with Gasteiger partial charge in [-0.3, -0.25) is 0 Å². The molecule has 0 saturated carbocycles. The first kappa shape index (κ1) is 13.3. The van der Waals surface area contributed by atoms with E-state index in [-0.39, 0.29) is 11.3 Å². The zero-order valence-corrected chi connectivity index (χ0v) is 11.4. The number of ether oxygens (including phenoxy) is 1. The average molecular weight is 299 g/mol. The van der Waals surface area contributed by atoms with E-state index in [2.05, 4.69) is 4.98 Å². The van der Waals surface area contributed by atoms with Gasteiger partial charge in [0.1, 0.15) is 5.15 Å². The highest BCUT2D eigenvalue weighted by molar-refractivity contribution is 6.34. The molecule has 0 fully saturated rings. The van der Waals surface area contributed by atoms with Gasteiger partial charge in [-0.2, -0.15) is 5.26 Å². The molecule has 0 amide bonds. The summed E-state index contributed by atoms with van der Waals surface area (Å²) in [7, 11) is 0. The van der Waals surface area contributed by atoms with Crippen molar-refractivity contribution in [3.8, 4) is 17.6 Å². The Morgan fingerprint density at radius 2 is 1.86 bits per heavy atom. The zero-order chi connectivity index (χ0) is 14.8. The van der Waals surface area contributed by atoms with Crippen LogP contribution in [0.4, 0.5) is 4.39 Å². The summed E-state index contributed by atoms with van der Waals surface area (Å²) in [6.07, 6.45) is 1.45. The van der Waals surface area contributed by atoms with Gasteiger partial charge in [0.25, 0.3) is 0 Å². The second-order valence-corrected chi connectivity index (χ2v) is 4.68. The van der Waals surface area contributed by atoms with Crippen LogP contribution in [0.2, 0.25) is 5.15 Å². The Balaban J connectivity index is 2.07. The number of aromatic nitrogens is 1. The SMILES string of the molecule is N#Cc1ccc(Oc2cnc(Cl)c3ccccc23)c(F)c1. The predicted octanol–water partition coefficient (Wildman–Crippen LogP) is 4.69. The van der Waals surface area contributed by atoms with Crippen LogP contribution in [0.3, 0.4) is 0 Å². The van der Waals surface area contributed by atoms with E-state index in [0.717, 1.165) is 16.8 Å². The van der Waals surface area contributed by atoms with Crippen LogP contribution in [-0.2, 0) is 0 Å². The molecule has 1 heterocycles. The van der Waals surface area contributed by atoms with E-state index in [1.807, 2.05) is 30.3 Å². The number of nitrogens with zero attached hydrogens (tertiary/aromatic N) is 2. The van der Waals surface area contributed by atoms with Gasteiger partial charge in [-0.15, -0.1) is 0 Å². The summed E-state index contributed by atoms with van der Waals surface area (Å²) in [6, 6.07) is 13.2. The molecule has 0 aliphatic carbocycles. The molecule has 0 bridgehead atoms. The fraction of sp³-hybridized carbons (Fsp3) is 0. The smallest absolute Gasteiger partial charge is 0.167 e. The molecule has 0 aliphatic rings. The maximum Gasteiger partial charge on any atom is 0.167 e. The topological polar surface area (TPSA) is 45.9 Å². The van der Waals surface area contributed by atoms with Crippen molar-refractivity contribution < 1.29 is 9.13 Å². The molecule has 1 aromatic heterocycles. The largest absolute Gasteiger partial charge is 0.452 e. The Bertz CT molecular complexity index is 874. The molecule has 0 radical (unpaired) electrons. The van der Waals surface area contributed by atoms with E-state index in [9.17, 15) is 4.39 Å². The number of pyridine rings is 1. The molecule has 0 aliphatic heterocycles. The molecule has 102 valence electrons. The highest BCUT2D eigenvalue weighted by Gasteiger charge is 2.10. The Morgan fingerprint density at radius 3 is 2.57 bits per heavy atom. The summed E-state index contributed by atoms with van der Waals surface area (Å²) in [4.78, 5) is 4.03. The van der Waals surface area contributed by atoms with Gasteiger partial charge in [0.2, 0.25) is 0 Å². The standard InChI is InChI=1S/C16H8ClFN2O/c17-16-12-4-2-1-3-11(12)15(9-20-16)21-14-6-5-10(8-19)7-13(14)18/h1-7,9H. The van der Waals surface area contributed by atoms with Gasteiger partial charge in [-0.1, -0.05) is 35.9 Å². The van der Waals surface area contributed by atoms with Gasteiger partial charge in [-0.05, 0) is 18.2 Å². The zero-order valence-electron chi connectivity index (χ0n) is 10.7. The maximum atomic E-state index is 13.9. The van der Waals surface area contributed by atoms with Gasteiger partial charge < -0.3 is 4.74 Å². The summed E-state index contributed by atoms with van der Waals surface area (Å²) >= 11 is 6.03. The molecule has 2 aromatic carbocycles. The normalized spacial score (nSPS) is 10.3. The summed E-state index contributed by atoms with van der Waals surface area (Å²) in [5.41, 5.74) is 0.235.